The minimum atomic E-state index is -0.309. The minimum absolute atomic E-state index is 0.265. The second-order valence-electron chi connectivity index (χ2n) is 4.13. The van der Waals surface area contributed by atoms with Crippen LogP contribution in [0.25, 0.3) is 0 Å². The third-order valence-electron chi connectivity index (χ3n) is 2.73. The highest BCUT2D eigenvalue weighted by atomic mass is 35.5. The van der Waals surface area contributed by atoms with Gasteiger partial charge < -0.3 is 5.32 Å². The molecule has 1 aromatic carbocycles. The molecule has 0 aliphatic rings. The van der Waals surface area contributed by atoms with Crippen molar-refractivity contribution in [1.29, 1.82) is 5.26 Å². The molecule has 4 nitrogen and oxygen atoms in total. The maximum atomic E-state index is 11.9. The summed E-state index contributed by atoms with van der Waals surface area (Å²) in [6, 6.07) is 14.5. The summed E-state index contributed by atoms with van der Waals surface area (Å²) in [6.45, 7) is 0.312. The van der Waals surface area contributed by atoms with Gasteiger partial charge in [-0.15, -0.1) is 11.6 Å². The monoisotopic (exact) mass is 285 g/mol. The summed E-state index contributed by atoms with van der Waals surface area (Å²) in [4.78, 5) is 15.8. The molecule has 5 heteroatoms. The molecule has 0 aliphatic heterocycles. The Morgan fingerprint density at radius 3 is 2.65 bits per heavy atom. The van der Waals surface area contributed by atoms with Crippen molar-refractivity contribution in [1.82, 2.24) is 10.3 Å². The Kier molecular flexibility index (Phi) is 4.70. The summed E-state index contributed by atoms with van der Waals surface area (Å²) in [6.07, 6.45) is 1.37. The van der Waals surface area contributed by atoms with Crippen LogP contribution in [0.2, 0.25) is 0 Å². The third kappa shape index (κ3) is 3.56. The second kappa shape index (κ2) is 6.69. The molecule has 0 saturated carbocycles. The molecule has 0 radical (unpaired) electrons. The predicted molar refractivity (Wildman–Crippen MR) is 76.3 cm³/mol. The molecule has 2 rings (SSSR count). The number of nitrogens with zero attached hydrogens (tertiary/aromatic N) is 2. The van der Waals surface area contributed by atoms with Gasteiger partial charge in [0.25, 0.3) is 5.91 Å². The number of aromatic nitrogens is 1. The van der Waals surface area contributed by atoms with E-state index in [-0.39, 0.29) is 17.0 Å². The molecule has 0 fully saturated rings. The van der Waals surface area contributed by atoms with Crippen molar-refractivity contribution < 1.29 is 4.79 Å². The quantitative estimate of drug-likeness (QED) is 0.878. The number of benzene rings is 1. The molecule has 20 heavy (non-hydrogen) atoms. The van der Waals surface area contributed by atoms with Crippen LogP contribution in [-0.2, 0) is 0 Å². The number of nitrogens with one attached hydrogen (secondary N) is 1. The van der Waals surface area contributed by atoms with Crippen molar-refractivity contribution in [2.75, 3.05) is 6.54 Å². The van der Waals surface area contributed by atoms with Gasteiger partial charge in [0, 0.05) is 12.7 Å². The SMILES string of the molecule is N#Cc1ccc(C(=O)NCC(Cl)c2ccccc2)nc1. The van der Waals surface area contributed by atoms with E-state index in [1.54, 1.807) is 6.07 Å². The van der Waals surface area contributed by atoms with Crippen molar-refractivity contribution in [2.24, 2.45) is 0 Å². The van der Waals surface area contributed by atoms with Gasteiger partial charge in [-0.2, -0.15) is 5.26 Å². The van der Waals surface area contributed by atoms with Gasteiger partial charge in [-0.3, -0.25) is 4.79 Å². The zero-order valence-corrected chi connectivity index (χ0v) is 11.3. The van der Waals surface area contributed by atoms with Crippen molar-refractivity contribution in [3.63, 3.8) is 0 Å². The van der Waals surface area contributed by atoms with Crippen LogP contribution in [0.15, 0.2) is 48.7 Å². The number of carbonyl (C=O) groups excluding carboxylic acids is 1. The first-order valence-corrected chi connectivity index (χ1v) is 6.47. The second-order valence-corrected chi connectivity index (χ2v) is 4.66. The Morgan fingerprint density at radius 1 is 1.30 bits per heavy atom. The van der Waals surface area contributed by atoms with E-state index in [4.69, 9.17) is 16.9 Å². The van der Waals surface area contributed by atoms with Gasteiger partial charge >= 0.3 is 0 Å². The minimum Gasteiger partial charge on any atom is -0.349 e. The summed E-state index contributed by atoms with van der Waals surface area (Å²) in [5.41, 5.74) is 1.63. The molecule has 2 aromatic rings. The van der Waals surface area contributed by atoms with Gasteiger partial charge in [0.15, 0.2) is 0 Å². The Balaban J connectivity index is 1.93. The number of rotatable bonds is 4. The van der Waals surface area contributed by atoms with Crippen molar-refractivity contribution >= 4 is 17.5 Å². The smallest absolute Gasteiger partial charge is 0.269 e. The molecule has 0 bridgehead atoms. The van der Waals surface area contributed by atoms with E-state index in [0.717, 1.165) is 5.56 Å². The standard InChI is InChI=1S/C15H12ClN3O/c16-13(12-4-2-1-3-5-12)10-19-15(20)14-7-6-11(8-17)9-18-14/h1-7,9,13H,10H2,(H,19,20). The number of hydrogen-bond donors (Lipinski definition) is 1. The Bertz CT molecular complexity index is 620. The number of alkyl halides is 1. The van der Waals surface area contributed by atoms with Gasteiger partial charge in [0.1, 0.15) is 11.8 Å². The molecule has 0 aliphatic carbocycles. The molecule has 1 aromatic heterocycles. The Morgan fingerprint density at radius 2 is 2.05 bits per heavy atom. The van der Waals surface area contributed by atoms with E-state index in [2.05, 4.69) is 10.3 Å². The van der Waals surface area contributed by atoms with Crippen LogP contribution in [0.1, 0.15) is 27.0 Å². The number of nitriles is 1. The normalized spacial score (nSPS) is 11.4. The highest BCUT2D eigenvalue weighted by Crippen LogP contribution is 2.18. The highest BCUT2D eigenvalue weighted by molar-refractivity contribution is 6.21. The first-order chi connectivity index (χ1) is 9.70. The van der Waals surface area contributed by atoms with E-state index in [9.17, 15) is 4.79 Å². The molecule has 1 N–H and O–H groups in total. The summed E-state index contributed by atoms with van der Waals surface area (Å²) in [5, 5.41) is 11.1. The van der Waals surface area contributed by atoms with Gasteiger partial charge in [-0.05, 0) is 17.7 Å². The van der Waals surface area contributed by atoms with Crippen molar-refractivity contribution in [3.05, 3.63) is 65.5 Å². The zero-order valence-electron chi connectivity index (χ0n) is 10.6. The van der Waals surface area contributed by atoms with Crippen LogP contribution in [-0.4, -0.2) is 17.4 Å². The lowest BCUT2D eigenvalue weighted by Crippen LogP contribution is -2.27. The van der Waals surface area contributed by atoms with Crippen LogP contribution in [0, 0.1) is 11.3 Å². The van der Waals surface area contributed by atoms with E-state index in [1.807, 2.05) is 36.4 Å². The average Bonchev–Trinajstić information content (AvgIpc) is 2.53. The summed E-state index contributed by atoms with van der Waals surface area (Å²) in [5.74, 6) is -0.309. The number of pyridine rings is 1. The highest BCUT2D eigenvalue weighted by Gasteiger charge is 2.11. The first kappa shape index (κ1) is 14.0. The average molecular weight is 286 g/mol. The predicted octanol–water partition coefficient (Wildman–Crippen LogP) is 2.66. The van der Waals surface area contributed by atoms with Gasteiger partial charge in [-0.25, -0.2) is 4.98 Å². The van der Waals surface area contributed by atoms with Gasteiger partial charge in [0.05, 0.1) is 10.9 Å². The first-order valence-electron chi connectivity index (χ1n) is 6.04. The molecular weight excluding hydrogens is 274 g/mol. The van der Waals surface area contributed by atoms with E-state index >= 15 is 0 Å². The zero-order chi connectivity index (χ0) is 14.4. The van der Waals surface area contributed by atoms with Crippen LogP contribution < -0.4 is 5.32 Å². The molecule has 1 heterocycles. The lowest BCUT2D eigenvalue weighted by molar-refractivity contribution is 0.0948. The lowest BCUT2D eigenvalue weighted by Gasteiger charge is -2.10. The Labute approximate surface area is 122 Å². The number of amides is 1. The summed E-state index contributed by atoms with van der Waals surface area (Å²) >= 11 is 6.21. The number of halogens is 1. The topological polar surface area (TPSA) is 65.8 Å². The number of hydrogen-bond acceptors (Lipinski definition) is 3. The lowest BCUT2D eigenvalue weighted by atomic mass is 10.1. The van der Waals surface area contributed by atoms with Crippen molar-refractivity contribution in [2.45, 2.75) is 5.38 Å². The fourth-order valence-corrected chi connectivity index (χ4v) is 1.87. The van der Waals surface area contributed by atoms with Gasteiger partial charge in [0.2, 0.25) is 0 Å². The van der Waals surface area contributed by atoms with Crippen LogP contribution in [0.4, 0.5) is 0 Å². The van der Waals surface area contributed by atoms with Crippen LogP contribution >= 0.6 is 11.6 Å². The molecule has 0 spiro atoms. The third-order valence-corrected chi connectivity index (χ3v) is 3.13. The largest absolute Gasteiger partial charge is 0.349 e. The Hall–Kier alpha value is -2.38. The van der Waals surface area contributed by atoms with Crippen LogP contribution in [0.5, 0.6) is 0 Å². The summed E-state index contributed by atoms with van der Waals surface area (Å²) in [7, 11) is 0. The molecule has 0 saturated heterocycles. The summed E-state index contributed by atoms with van der Waals surface area (Å²) < 4.78 is 0. The van der Waals surface area contributed by atoms with Crippen molar-refractivity contribution in [3.8, 4) is 6.07 Å². The fourth-order valence-electron chi connectivity index (χ4n) is 1.65. The van der Waals surface area contributed by atoms with Gasteiger partial charge in [-0.1, -0.05) is 30.3 Å². The maximum absolute atomic E-state index is 11.9. The fraction of sp³-hybridized carbons (Fsp3) is 0.133. The molecule has 100 valence electrons. The molecular formula is C15H12ClN3O. The molecule has 1 amide bonds. The number of carbonyl (C=O) groups is 1. The maximum Gasteiger partial charge on any atom is 0.269 e. The van der Waals surface area contributed by atoms with E-state index in [0.29, 0.717) is 12.1 Å². The van der Waals surface area contributed by atoms with E-state index < -0.39 is 0 Å². The molecule has 1 unspecified atom stereocenters. The van der Waals surface area contributed by atoms with Crippen LogP contribution in [0.3, 0.4) is 0 Å². The molecule has 1 atom stereocenters. The van der Waals surface area contributed by atoms with E-state index in [1.165, 1.54) is 12.3 Å².